The third-order valence-corrected chi connectivity index (χ3v) is 1.89. The van der Waals surface area contributed by atoms with E-state index in [2.05, 4.69) is 11.3 Å². The van der Waals surface area contributed by atoms with Gasteiger partial charge >= 0.3 is 6.16 Å². The first-order valence-corrected chi connectivity index (χ1v) is 4.34. The molecule has 0 bridgehead atoms. The predicted molar refractivity (Wildman–Crippen MR) is 55.0 cm³/mol. The van der Waals surface area contributed by atoms with Gasteiger partial charge in [0.15, 0.2) is 6.10 Å². The quantitative estimate of drug-likeness (QED) is 0.610. The summed E-state index contributed by atoms with van der Waals surface area (Å²) in [6, 6.07) is 7.04. The number of methoxy groups -OCH3 is 1. The minimum Gasteiger partial charge on any atom is -0.496 e. The summed E-state index contributed by atoms with van der Waals surface area (Å²) in [7, 11) is 1.51. The highest BCUT2D eigenvalue weighted by Gasteiger charge is 2.16. The van der Waals surface area contributed by atoms with Crippen LogP contribution in [0.5, 0.6) is 5.75 Å². The van der Waals surface area contributed by atoms with E-state index in [1.807, 2.05) is 0 Å². The monoisotopic (exact) mass is 208 g/mol. The van der Waals surface area contributed by atoms with Gasteiger partial charge in [-0.25, -0.2) is 4.79 Å². The van der Waals surface area contributed by atoms with Crippen LogP contribution in [0.25, 0.3) is 0 Å². The molecule has 0 aliphatic carbocycles. The number of carboxylic acid groups (broad SMARTS) is 1. The van der Waals surface area contributed by atoms with Gasteiger partial charge in [0.1, 0.15) is 5.75 Å². The maximum atomic E-state index is 10.4. The first-order chi connectivity index (χ1) is 7.19. The Morgan fingerprint density at radius 1 is 1.53 bits per heavy atom. The molecule has 80 valence electrons. The van der Waals surface area contributed by atoms with Gasteiger partial charge in [0, 0.05) is 5.56 Å². The van der Waals surface area contributed by atoms with Crippen molar-refractivity contribution < 1.29 is 19.4 Å². The van der Waals surface area contributed by atoms with Crippen molar-refractivity contribution in [2.24, 2.45) is 0 Å². The third kappa shape index (κ3) is 2.74. The summed E-state index contributed by atoms with van der Waals surface area (Å²) in [6.45, 7) is 3.52. The maximum absolute atomic E-state index is 10.4. The molecule has 0 spiro atoms. The third-order valence-electron chi connectivity index (χ3n) is 1.89. The van der Waals surface area contributed by atoms with E-state index in [1.165, 1.54) is 13.2 Å². The van der Waals surface area contributed by atoms with Gasteiger partial charge in [0.2, 0.25) is 0 Å². The van der Waals surface area contributed by atoms with Crippen LogP contribution in [0.3, 0.4) is 0 Å². The number of hydrogen-bond acceptors (Lipinski definition) is 3. The molecule has 15 heavy (non-hydrogen) atoms. The highest BCUT2D eigenvalue weighted by atomic mass is 16.7. The Morgan fingerprint density at radius 3 is 2.73 bits per heavy atom. The Hall–Kier alpha value is -1.97. The normalized spacial score (nSPS) is 11.5. The van der Waals surface area contributed by atoms with Crippen molar-refractivity contribution in [3.63, 3.8) is 0 Å². The van der Waals surface area contributed by atoms with E-state index in [1.54, 1.807) is 24.3 Å². The zero-order chi connectivity index (χ0) is 11.3. The van der Waals surface area contributed by atoms with Crippen molar-refractivity contribution in [2.45, 2.75) is 6.10 Å². The topological polar surface area (TPSA) is 55.8 Å². The molecular formula is C11H12O4. The maximum Gasteiger partial charge on any atom is 0.506 e. The zero-order valence-corrected chi connectivity index (χ0v) is 8.34. The lowest BCUT2D eigenvalue weighted by Crippen LogP contribution is -2.07. The Labute approximate surface area is 87.7 Å². The standard InChI is InChI=1S/C11H12O4/c1-3-9(15-11(12)13)8-6-4-5-7-10(8)14-2/h3-7,9H,1H2,2H3,(H,12,13). The summed E-state index contributed by atoms with van der Waals surface area (Å²) in [4.78, 5) is 10.4. The molecule has 4 nitrogen and oxygen atoms in total. The number of benzene rings is 1. The van der Waals surface area contributed by atoms with Crippen LogP contribution in [-0.2, 0) is 4.74 Å². The van der Waals surface area contributed by atoms with E-state index in [0.29, 0.717) is 11.3 Å². The van der Waals surface area contributed by atoms with E-state index in [-0.39, 0.29) is 0 Å². The summed E-state index contributed by atoms with van der Waals surface area (Å²) in [5, 5.41) is 8.53. The van der Waals surface area contributed by atoms with Crippen molar-refractivity contribution in [3.8, 4) is 5.75 Å². The van der Waals surface area contributed by atoms with Crippen molar-refractivity contribution in [3.05, 3.63) is 42.5 Å². The molecule has 0 amide bonds. The lowest BCUT2D eigenvalue weighted by Gasteiger charge is -2.14. The van der Waals surface area contributed by atoms with Crippen LogP contribution < -0.4 is 4.74 Å². The van der Waals surface area contributed by atoms with Crippen molar-refractivity contribution in [1.82, 2.24) is 0 Å². The molecule has 0 aromatic heterocycles. The molecule has 1 aromatic carbocycles. The van der Waals surface area contributed by atoms with E-state index in [0.717, 1.165) is 0 Å². The van der Waals surface area contributed by atoms with Crippen molar-refractivity contribution >= 4 is 6.16 Å². The summed E-state index contributed by atoms with van der Waals surface area (Å²) in [5.41, 5.74) is 0.636. The Kier molecular flexibility index (Phi) is 3.74. The van der Waals surface area contributed by atoms with E-state index >= 15 is 0 Å². The van der Waals surface area contributed by atoms with Gasteiger partial charge in [-0.2, -0.15) is 0 Å². The second-order valence-electron chi connectivity index (χ2n) is 2.78. The van der Waals surface area contributed by atoms with Gasteiger partial charge < -0.3 is 14.6 Å². The Morgan fingerprint density at radius 2 is 2.20 bits per heavy atom. The fourth-order valence-corrected chi connectivity index (χ4v) is 1.25. The average Bonchev–Trinajstić information content (AvgIpc) is 2.25. The zero-order valence-electron chi connectivity index (χ0n) is 8.34. The average molecular weight is 208 g/mol. The van der Waals surface area contributed by atoms with Crippen LogP contribution in [0, 0.1) is 0 Å². The molecule has 1 rings (SSSR count). The fourth-order valence-electron chi connectivity index (χ4n) is 1.25. The minimum atomic E-state index is -1.34. The SMILES string of the molecule is C=CC(OC(=O)O)c1ccccc1OC. The molecule has 0 saturated carbocycles. The van der Waals surface area contributed by atoms with Gasteiger partial charge in [0.25, 0.3) is 0 Å². The molecule has 0 aliphatic rings. The second-order valence-corrected chi connectivity index (χ2v) is 2.78. The summed E-state index contributed by atoms with van der Waals surface area (Å²) in [5.74, 6) is 0.573. The first kappa shape index (κ1) is 11.1. The number of para-hydroxylation sites is 1. The number of rotatable bonds is 4. The van der Waals surface area contributed by atoms with Crippen molar-refractivity contribution in [1.29, 1.82) is 0 Å². The van der Waals surface area contributed by atoms with Crippen LogP contribution in [0.4, 0.5) is 4.79 Å². The number of carbonyl (C=O) groups is 1. The molecule has 0 fully saturated rings. The smallest absolute Gasteiger partial charge is 0.496 e. The van der Waals surface area contributed by atoms with E-state index in [9.17, 15) is 4.79 Å². The molecule has 1 atom stereocenters. The van der Waals surface area contributed by atoms with Gasteiger partial charge in [-0.15, -0.1) is 0 Å². The molecule has 1 aromatic rings. The van der Waals surface area contributed by atoms with Crippen LogP contribution in [0.2, 0.25) is 0 Å². The Bertz CT molecular complexity index is 359. The van der Waals surface area contributed by atoms with Crippen molar-refractivity contribution in [2.75, 3.05) is 7.11 Å². The largest absolute Gasteiger partial charge is 0.506 e. The van der Waals surface area contributed by atoms with Gasteiger partial charge in [-0.1, -0.05) is 24.8 Å². The first-order valence-electron chi connectivity index (χ1n) is 4.34. The van der Waals surface area contributed by atoms with Crippen LogP contribution >= 0.6 is 0 Å². The van der Waals surface area contributed by atoms with E-state index < -0.39 is 12.3 Å². The van der Waals surface area contributed by atoms with E-state index in [4.69, 9.17) is 9.84 Å². The molecular weight excluding hydrogens is 196 g/mol. The minimum absolute atomic E-state index is 0.573. The second kappa shape index (κ2) is 5.05. The molecule has 0 radical (unpaired) electrons. The molecule has 0 saturated heterocycles. The number of ether oxygens (including phenoxy) is 2. The van der Waals surface area contributed by atoms with Crippen LogP contribution in [-0.4, -0.2) is 18.4 Å². The summed E-state index contributed by atoms with van der Waals surface area (Å²) in [6.07, 6.45) is -0.643. The van der Waals surface area contributed by atoms with Gasteiger partial charge in [-0.3, -0.25) is 0 Å². The highest BCUT2D eigenvalue weighted by molar-refractivity contribution is 5.58. The lowest BCUT2D eigenvalue weighted by molar-refractivity contribution is 0.0683. The summed E-state index contributed by atoms with van der Waals surface area (Å²) >= 11 is 0. The molecule has 4 heteroatoms. The molecule has 1 N–H and O–H groups in total. The van der Waals surface area contributed by atoms with Gasteiger partial charge in [-0.05, 0) is 12.1 Å². The molecule has 0 aliphatic heterocycles. The Balaban J connectivity index is 3.00. The van der Waals surface area contributed by atoms with Crippen LogP contribution in [0.15, 0.2) is 36.9 Å². The fraction of sp³-hybridized carbons (Fsp3) is 0.182. The molecule has 1 unspecified atom stereocenters. The highest BCUT2D eigenvalue weighted by Crippen LogP contribution is 2.27. The lowest BCUT2D eigenvalue weighted by atomic mass is 10.1. The molecule has 0 heterocycles. The predicted octanol–water partition coefficient (Wildman–Crippen LogP) is 2.62. The van der Waals surface area contributed by atoms with Gasteiger partial charge in [0.05, 0.1) is 7.11 Å². The summed E-state index contributed by atoms with van der Waals surface area (Å²) < 4.78 is 9.74. The van der Waals surface area contributed by atoms with Crippen LogP contribution in [0.1, 0.15) is 11.7 Å². The number of hydrogen-bond donors (Lipinski definition) is 1.